The molecule has 3 nitrogen and oxygen atoms in total. The minimum atomic E-state index is -3.91. The molecule has 0 aliphatic rings. The summed E-state index contributed by atoms with van der Waals surface area (Å²) in [6.07, 6.45) is 10.7. The van der Waals surface area contributed by atoms with Crippen molar-refractivity contribution in [2.75, 3.05) is 0 Å². The Hall–Kier alpha value is 1.65. The zero-order valence-corrected chi connectivity index (χ0v) is 10.3. The number of unbranched alkanes of at least 4 members (excludes halogenated alkanes) is 7. The Morgan fingerprint density at radius 3 is 1.88 bits per heavy atom. The van der Waals surface area contributed by atoms with Crippen molar-refractivity contribution in [1.29, 1.82) is 0 Å². The van der Waals surface area contributed by atoms with Gasteiger partial charge >= 0.3 is 59.1 Å². The number of hydrogen-bond acceptors (Lipinski definition) is 2. The standard InChI is InChI=1S/C11H22O3S.2Na.2H/c1-2-3-4-5-6-7-8-9-10-11-15(12,13)14;;;;/h10-11H,2-9H2,1H3,(H,12,13,14);;;;. The Labute approximate surface area is 150 Å². The molecular weight excluding hydrogens is 258 g/mol. The second kappa shape index (κ2) is 15.7. The van der Waals surface area contributed by atoms with Crippen LogP contribution in [-0.4, -0.2) is 72.1 Å². The summed E-state index contributed by atoms with van der Waals surface area (Å²) in [6.45, 7) is 2.19. The van der Waals surface area contributed by atoms with Gasteiger partial charge < -0.3 is 0 Å². The Bertz CT molecular complexity index is 264. The van der Waals surface area contributed by atoms with Crippen LogP contribution in [0.2, 0.25) is 0 Å². The predicted octanol–water partition coefficient (Wildman–Crippen LogP) is 2.23. The molecule has 0 bridgehead atoms. The summed E-state index contributed by atoms with van der Waals surface area (Å²) in [5, 5.41) is 0.865. The van der Waals surface area contributed by atoms with E-state index in [1.54, 1.807) is 0 Å². The molecule has 0 rings (SSSR count). The summed E-state index contributed by atoms with van der Waals surface area (Å²) in [5.41, 5.74) is 0. The fourth-order valence-electron chi connectivity index (χ4n) is 1.41. The van der Waals surface area contributed by atoms with E-state index < -0.39 is 10.1 Å². The average molecular weight is 282 g/mol. The van der Waals surface area contributed by atoms with Gasteiger partial charge in [0.05, 0.1) is 5.41 Å². The van der Waals surface area contributed by atoms with Crippen LogP contribution in [-0.2, 0) is 10.1 Å². The summed E-state index contributed by atoms with van der Waals surface area (Å²) in [4.78, 5) is 0. The van der Waals surface area contributed by atoms with E-state index in [-0.39, 0.29) is 59.1 Å². The second-order valence-electron chi connectivity index (χ2n) is 3.80. The summed E-state index contributed by atoms with van der Waals surface area (Å²) >= 11 is 0. The first-order valence-corrected chi connectivity index (χ1v) is 7.20. The molecule has 0 aliphatic carbocycles. The molecule has 0 unspecified atom stereocenters. The third kappa shape index (κ3) is 23.2. The molecular formula is C11H24Na2O3S. The topological polar surface area (TPSA) is 54.4 Å². The summed E-state index contributed by atoms with van der Waals surface area (Å²) < 4.78 is 29.0. The Balaban J connectivity index is -0.000000980. The van der Waals surface area contributed by atoms with Crippen LogP contribution < -0.4 is 0 Å². The third-order valence-corrected chi connectivity index (χ3v) is 2.78. The van der Waals surface area contributed by atoms with Gasteiger partial charge in [-0.05, 0) is 12.8 Å². The van der Waals surface area contributed by atoms with E-state index in [9.17, 15) is 8.42 Å². The monoisotopic (exact) mass is 282 g/mol. The van der Waals surface area contributed by atoms with Crippen LogP contribution in [0.3, 0.4) is 0 Å². The molecule has 0 radical (unpaired) electrons. The SMILES string of the molecule is CCCCCCCCCC=CS(=O)(=O)O.[NaH].[NaH]. The van der Waals surface area contributed by atoms with Crippen LogP contribution in [0.5, 0.6) is 0 Å². The van der Waals surface area contributed by atoms with Crippen molar-refractivity contribution in [1.82, 2.24) is 0 Å². The fraction of sp³-hybridized carbons (Fsp3) is 0.818. The van der Waals surface area contributed by atoms with Gasteiger partial charge in [-0.3, -0.25) is 4.55 Å². The van der Waals surface area contributed by atoms with Crippen molar-refractivity contribution in [2.24, 2.45) is 0 Å². The van der Waals surface area contributed by atoms with E-state index in [4.69, 9.17) is 4.55 Å². The van der Waals surface area contributed by atoms with E-state index in [0.717, 1.165) is 24.7 Å². The van der Waals surface area contributed by atoms with Gasteiger partial charge in [-0.15, -0.1) is 0 Å². The van der Waals surface area contributed by atoms with Crippen molar-refractivity contribution in [3.8, 4) is 0 Å². The van der Waals surface area contributed by atoms with Crippen molar-refractivity contribution in [3.05, 3.63) is 11.5 Å². The fourth-order valence-corrected chi connectivity index (χ4v) is 1.79. The van der Waals surface area contributed by atoms with Gasteiger partial charge in [-0.1, -0.05) is 51.5 Å². The van der Waals surface area contributed by atoms with Gasteiger partial charge in [0.2, 0.25) is 0 Å². The molecule has 0 heterocycles. The maximum absolute atomic E-state index is 10.3. The predicted molar refractivity (Wildman–Crippen MR) is 77.6 cm³/mol. The van der Waals surface area contributed by atoms with Crippen molar-refractivity contribution >= 4 is 69.2 Å². The van der Waals surface area contributed by atoms with Crippen LogP contribution in [0, 0.1) is 0 Å². The zero-order valence-electron chi connectivity index (χ0n) is 9.48. The molecule has 0 saturated heterocycles. The molecule has 6 heteroatoms. The molecule has 1 N–H and O–H groups in total. The first-order chi connectivity index (χ1) is 7.06. The van der Waals surface area contributed by atoms with E-state index >= 15 is 0 Å². The van der Waals surface area contributed by atoms with Crippen LogP contribution in [0.1, 0.15) is 58.3 Å². The van der Waals surface area contributed by atoms with Gasteiger partial charge in [-0.2, -0.15) is 8.42 Å². The van der Waals surface area contributed by atoms with Crippen LogP contribution in [0.15, 0.2) is 11.5 Å². The molecule has 0 atom stereocenters. The quantitative estimate of drug-likeness (QED) is 0.401. The number of hydrogen-bond donors (Lipinski definition) is 1. The Morgan fingerprint density at radius 2 is 1.41 bits per heavy atom. The van der Waals surface area contributed by atoms with Gasteiger partial charge in [0.25, 0.3) is 10.1 Å². The zero-order chi connectivity index (χ0) is 11.6. The van der Waals surface area contributed by atoms with Gasteiger partial charge in [0, 0.05) is 0 Å². The minimum absolute atomic E-state index is 0. The first-order valence-electron chi connectivity index (χ1n) is 5.70. The van der Waals surface area contributed by atoms with E-state index in [1.165, 1.54) is 38.2 Å². The maximum atomic E-state index is 10.3. The first kappa shape index (κ1) is 23.7. The average Bonchev–Trinajstić information content (AvgIpc) is 2.14. The number of rotatable bonds is 9. The van der Waals surface area contributed by atoms with Crippen molar-refractivity contribution < 1.29 is 13.0 Å². The molecule has 0 amide bonds. The Kier molecular flexibility index (Phi) is 21.9. The molecule has 0 fully saturated rings. The summed E-state index contributed by atoms with van der Waals surface area (Å²) in [7, 11) is -3.91. The van der Waals surface area contributed by atoms with Crippen LogP contribution >= 0.6 is 0 Å². The molecule has 17 heavy (non-hydrogen) atoms. The molecule has 0 aromatic heterocycles. The van der Waals surface area contributed by atoms with E-state index in [0.29, 0.717) is 0 Å². The van der Waals surface area contributed by atoms with Gasteiger partial charge in [0.15, 0.2) is 0 Å². The Morgan fingerprint density at radius 1 is 0.941 bits per heavy atom. The molecule has 0 aromatic rings. The van der Waals surface area contributed by atoms with Gasteiger partial charge in [0.1, 0.15) is 0 Å². The van der Waals surface area contributed by atoms with Crippen LogP contribution in [0.25, 0.3) is 0 Å². The third-order valence-electron chi connectivity index (χ3n) is 2.24. The van der Waals surface area contributed by atoms with Gasteiger partial charge in [-0.25, -0.2) is 0 Å². The van der Waals surface area contributed by atoms with Crippen molar-refractivity contribution in [2.45, 2.75) is 58.3 Å². The normalized spacial score (nSPS) is 10.9. The van der Waals surface area contributed by atoms with Crippen molar-refractivity contribution in [3.63, 3.8) is 0 Å². The summed E-state index contributed by atoms with van der Waals surface area (Å²) in [6, 6.07) is 0. The molecule has 0 saturated carbocycles. The summed E-state index contributed by atoms with van der Waals surface area (Å²) in [5.74, 6) is 0. The second-order valence-corrected chi connectivity index (χ2v) is 5.10. The molecule has 94 valence electrons. The molecule has 0 aromatic carbocycles. The van der Waals surface area contributed by atoms with E-state index in [1.807, 2.05) is 0 Å². The van der Waals surface area contributed by atoms with Crippen LogP contribution in [0.4, 0.5) is 0 Å². The number of allylic oxidation sites excluding steroid dienone is 1. The molecule has 0 aliphatic heterocycles. The molecule has 0 spiro atoms. The van der Waals surface area contributed by atoms with E-state index in [2.05, 4.69) is 6.92 Å².